The average Bonchev–Trinajstić information content (AvgIpc) is 3.35. The number of hydrogen-bond donors (Lipinski definition) is 1. The van der Waals surface area contributed by atoms with E-state index in [4.69, 9.17) is 9.47 Å². The van der Waals surface area contributed by atoms with Gasteiger partial charge in [0.05, 0.1) is 24.7 Å². The zero-order valence-electron chi connectivity index (χ0n) is 18.9. The summed E-state index contributed by atoms with van der Waals surface area (Å²) in [5, 5.41) is 3.07. The molecule has 3 atom stereocenters. The Labute approximate surface area is 191 Å². The molecule has 1 aromatic carbocycles. The van der Waals surface area contributed by atoms with E-state index in [1.165, 1.54) is 0 Å². The topological polar surface area (TPSA) is 88.2 Å². The minimum Gasteiger partial charge on any atom is -0.381 e. The molecule has 3 fully saturated rings. The zero-order chi connectivity index (χ0) is 22.6. The molecule has 0 spiro atoms. The van der Waals surface area contributed by atoms with Crippen LogP contribution in [0, 0.1) is 5.92 Å². The van der Waals surface area contributed by atoms with E-state index in [-0.39, 0.29) is 22.9 Å². The fourth-order valence-corrected chi connectivity index (χ4v) is 6.70. The Kier molecular flexibility index (Phi) is 7.83. The maximum atomic E-state index is 13.0. The summed E-state index contributed by atoms with van der Waals surface area (Å²) in [6, 6.07) is 6.54. The van der Waals surface area contributed by atoms with E-state index in [0.717, 1.165) is 52.0 Å². The van der Waals surface area contributed by atoms with E-state index in [1.54, 1.807) is 28.6 Å². The van der Waals surface area contributed by atoms with Crippen LogP contribution in [-0.2, 0) is 19.5 Å². The standard InChI is InChI=1S/C23H35N3O5S/c1-18-4-2-3-10-26(18)32(28,29)21-7-5-19(6-8-21)23(27)24-16-22(20-9-13-31-17-20)25-11-14-30-15-12-25/h5-8,18,20,22H,2-4,9-17H2,1H3,(H,24,27). The largest absolute Gasteiger partial charge is 0.381 e. The van der Waals surface area contributed by atoms with Crippen LogP contribution in [0.5, 0.6) is 0 Å². The number of amides is 1. The lowest BCUT2D eigenvalue weighted by Crippen LogP contribution is -2.52. The van der Waals surface area contributed by atoms with Crippen molar-refractivity contribution >= 4 is 15.9 Å². The summed E-state index contributed by atoms with van der Waals surface area (Å²) in [6.07, 6.45) is 3.83. The monoisotopic (exact) mass is 465 g/mol. The van der Waals surface area contributed by atoms with Gasteiger partial charge in [-0.1, -0.05) is 6.42 Å². The van der Waals surface area contributed by atoms with Crippen LogP contribution in [0.1, 0.15) is 43.0 Å². The molecule has 1 aromatic rings. The lowest BCUT2D eigenvalue weighted by Gasteiger charge is -2.37. The molecule has 3 unspecified atom stereocenters. The van der Waals surface area contributed by atoms with Crippen LogP contribution in [0.3, 0.4) is 0 Å². The quantitative estimate of drug-likeness (QED) is 0.660. The van der Waals surface area contributed by atoms with Gasteiger partial charge in [0.25, 0.3) is 5.91 Å². The van der Waals surface area contributed by atoms with Crippen LogP contribution < -0.4 is 5.32 Å². The van der Waals surface area contributed by atoms with Gasteiger partial charge in [-0.3, -0.25) is 9.69 Å². The van der Waals surface area contributed by atoms with Crippen molar-refractivity contribution in [3.8, 4) is 0 Å². The molecule has 3 aliphatic rings. The second-order valence-electron chi connectivity index (χ2n) is 9.03. The Hall–Kier alpha value is -1.52. The molecule has 9 heteroatoms. The van der Waals surface area contributed by atoms with E-state index in [9.17, 15) is 13.2 Å². The van der Waals surface area contributed by atoms with E-state index in [1.807, 2.05) is 6.92 Å². The van der Waals surface area contributed by atoms with Gasteiger partial charge in [0.15, 0.2) is 0 Å². The van der Waals surface area contributed by atoms with E-state index >= 15 is 0 Å². The van der Waals surface area contributed by atoms with Gasteiger partial charge in [-0.2, -0.15) is 4.31 Å². The summed E-state index contributed by atoms with van der Waals surface area (Å²) >= 11 is 0. The predicted octanol–water partition coefficient (Wildman–Crippen LogP) is 1.72. The molecular weight excluding hydrogens is 430 g/mol. The van der Waals surface area contributed by atoms with Gasteiger partial charge in [0, 0.05) is 56.4 Å². The fraction of sp³-hybridized carbons (Fsp3) is 0.696. The molecule has 3 saturated heterocycles. The van der Waals surface area contributed by atoms with Gasteiger partial charge in [-0.05, 0) is 50.5 Å². The summed E-state index contributed by atoms with van der Waals surface area (Å²) in [5.41, 5.74) is 0.471. The first-order valence-electron chi connectivity index (χ1n) is 11.8. The van der Waals surface area contributed by atoms with Crippen molar-refractivity contribution in [3.05, 3.63) is 29.8 Å². The number of morpholine rings is 1. The maximum Gasteiger partial charge on any atom is 0.251 e. The number of nitrogens with one attached hydrogen (secondary N) is 1. The normalized spacial score (nSPS) is 26.7. The first kappa shape index (κ1) is 23.6. The number of carbonyl (C=O) groups excluding carboxylic acids is 1. The molecule has 178 valence electrons. The number of piperidine rings is 1. The molecule has 1 amide bonds. The Morgan fingerprint density at radius 1 is 1.06 bits per heavy atom. The SMILES string of the molecule is CC1CCCCN1S(=O)(=O)c1ccc(C(=O)NCC(C2CCOC2)N2CCOCC2)cc1. The molecule has 0 radical (unpaired) electrons. The summed E-state index contributed by atoms with van der Waals surface area (Å²) < 4.78 is 38.7. The van der Waals surface area contributed by atoms with Crippen molar-refractivity contribution in [1.82, 2.24) is 14.5 Å². The average molecular weight is 466 g/mol. The van der Waals surface area contributed by atoms with Gasteiger partial charge in [-0.15, -0.1) is 0 Å². The zero-order valence-corrected chi connectivity index (χ0v) is 19.7. The molecule has 3 heterocycles. The summed E-state index contributed by atoms with van der Waals surface area (Å²) in [6.45, 7) is 7.69. The first-order valence-corrected chi connectivity index (χ1v) is 13.2. The van der Waals surface area contributed by atoms with Gasteiger partial charge in [-0.25, -0.2) is 8.42 Å². The third kappa shape index (κ3) is 5.34. The van der Waals surface area contributed by atoms with Crippen molar-refractivity contribution in [1.29, 1.82) is 0 Å². The Morgan fingerprint density at radius 3 is 2.47 bits per heavy atom. The highest BCUT2D eigenvalue weighted by Gasteiger charge is 2.33. The molecule has 0 bridgehead atoms. The van der Waals surface area contributed by atoms with Crippen molar-refractivity contribution < 1.29 is 22.7 Å². The Morgan fingerprint density at radius 2 is 1.81 bits per heavy atom. The molecule has 1 N–H and O–H groups in total. The lowest BCUT2D eigenvalue weighted by molar-refractivity contribution is 0.00166. The smallest absolute Gasteiger partial charge is 0.251 e. The van der Waals surface area contributed by atoms with Crippen molar-refractivity contribution in [3.63, 3.8) is 0 Å². The number of rotatable bonds is 7. The summed E-state index contributed by atoms with van der Waals surface area (Å²) in [7, 11) is -3.54. The Bertz CT molecular complexity index is 864. The first-order chi connectivity index (χ1) is 15.5. The number of sulfonamides is 1. The van der Waals surface area contributed by atoms with Gasteiger partial charge in [0.1, 0.15) is 0 Å². The van der Waals surface area contributed by atoms with Crippen LogP contribution in [0.2, 0.25) is 0 Å². The molecule has 0 aromatic heterocycles. The van der Waals surface area contributed by atoms with E-state index in [2.05, 4.69) is 10.2 Å². The molecule has 8 nitrogen and oxygen atoms in total. The summed E-state index contributed by atoms with van der Waals surface area (Å²) in [4.78, 5) is 15.5. The number of carbonyl (C=O) groups is 1. The van der Waals surface area contributed by atoms with E-state index < -0.39 is 10.0 Å². The fourth-order valence-electron chi connectivity index (χ4n) is 5.00. The van der Waals surface area contributed by atoms with Gasteiger partial charge in [0.2, 0.25) is 10.0 Å². The molecular formula is C23H35N3O5S. The number of benzene rings is 1. The molecule has 0 aliphatic carbocycles. The van der Waals surface area contributed by atoms with Crippen molar-refractivity contribution in [2.75, 3.05) is 52.6 Å². The van der Waals surface area contributed by atoms with Crippen LogP contribution in [-0.4, -0.2) is 88.2 Å². The minimum atomic E-state index is -3.54. The maximum absolute atomic E-state index is 13.0. The highest BCUT2D eigenvalue weighted by atomic mass is 32.2. The van der Waals surface area contributed by atoms with Crippen molar-refractivity contribution in [2.24, 2.45) is 5.92 Å². The van der Waals surface area contributed by atoms with Crippen LogP contribution in [0.15, 0.2) is 29.2 Å². The number of ether oxygens (including phenoxy) is 2. The second-order valence-corrected chi connectivity index (χ2v) is 10.9. The van der Waals surface area contributed by atoms with Gasteiger partial charge >= 0.3 is 0 Å². The number of nitrogens with zero attached hydrogens (tertiary/aromatic N) is 2. The third-order valence-electron chi connectivity index (χ3n) is 6.96. The van der Waals surface area contributed by atoms with Gasteiger partial charge < -0.3 is 14.8 Å². The minimum absolute atomic E-state index is 0.00779. The highest BCUT2D eigenvalue weighted by molar-refractivity contribution is 7.89. The lowest BCUT2D eigenvalue weighted by atomic mass is 9.96. The molecule has 4 rings (SSSR count). The van der Waals surface area contributed by atoms with Crippen LogP contribution in [0.4, 0.5) is 0 Å². The van der Waals surface area contributed by atoms with Crippen LogP contribution in [0.25, 0.3) is 0 Å². The molecule has 0 saturated carbocycles. The van der Waals surface area contributed by atoms with E-state index in [0.29, 0.717) is 37.8 Å². The highest BCUT2D eigenvalue weighted by Crippen LogP contribution is 2.25. The molecule has 32 heavy (non-hydrogen) atoms. The Balaban J connectivity index is 1.39. The van der Waals surface area contributed by atoms with Crippen LogP contribution >= 0.6 is 0 Å². The predicted molar refractivity (Wildman–Crippen MR) is 121 cm³/mol. The summed E-state index contributed by atoms with van der Waals surface area (Å²) in [5.74, 6) is 0.213. The molecule has 3 aliphatic heterocycles. The van der Waals surface area contributed by atoms with Crippen molar-refractivity contribution in [2.45, 2.75) is 49.6 Å². The third-order valence-corrected chi connectivity index (χ3v) is 8.99. The number of hydrogen-bond acceptors (Lipinski definition) is 6. The second kappa shape index (κ2) is 10.6.